The number of imide groups is 2. The van der Waals surface area contributed by atoms with Crippen LogP contribution in [0.2, 0.25) is 0 Å². The van der Waals surface area contributed by atoms with Crippen molar-refractivity contribution in [3.05, 3.63) is 29.3 Å². The number of anilines is 1. The number of rotatable bonds is 5. The summed E-state index contributed by atoms with van der Waals surface area (Å²) in [6, 6.07) is 4.14. The van der Waals surface area contributed by atoms with Crippen LogP contribution >= 0.6 is 0 Å². The third-order valence-corrected chi connectivity index (χ3v) is 8.49. The van der Waals surface area contributed by atoms with E-state index in [1.54, 1.807) is 18.2 Å². The molecule has 1 saturated carbocycles. The minimum Gasteiger partial charge on any atom is -0.388 e. The van der Waals surface area contributed by atoms with Crippen LogP contribution in [0.3, 0.4) is 0 Å². The number of aliphatic hydroxyl groups is 1. The number of amides is 4. The first-order chi connectivity index (χ1) is 16.8. The number of benzene rings is 1. The summed E-state index contributed by atoms with van der Waals surface area (Å²) in [6.07, 6.45) is 2.45. The van der Waals surface area contributed by atoms with Gasteiger partial charge in [0, 0.05) is 50.7 Å². The number of nitrogens with zero attached hydrogens (tertiary/aromatic N) is 3. The molecular weight excluding hydrogens is 452 g/mol. The molecule has 0 aromatic heterocycles. The van der Waals surface area contributed by atoms with E-state index in [1.807, 2.05) is 0 Å². The fraction of sp³-hybridized carbons (Fsp3) is 0.560. The Hall–Kier alpha value is -3.11. The highest BCUT2D eigenvalue weighted by atomic mass is 16.3. The van der Waals surface area contributed by atoms with Gasteiger partial charge in [-0.1, -0.05) is 0 Å². The maximum Gasteiger partial charge on any atom is 0.262 e. The van der Waals surface area contributed by atoms with Crippen LogP contribution in [-0.4, -0.2) is 89.2 Å². The quantitative estimate of drug-likeness (QED) is 0.438. The molecule has 3 saturated heterocycles. The monoisotopic (exact) mass is 480 g/mol. The molecule has 4 amide bonds. The number of β-amino-alcohol motifs (C(OH)–C–C–N with tert-alkyl or cyclic N) is 1. The number of aldehydes is 1. The first-order valence-electron chi connectivity index (χ1n) is 12.3. The molecule has 6 rings (SSSR count). The molecule has 0 radical (unpaired) electrons. The first kappa shape index (κ1) is 22.4. The SMILES string of the molecule is O=CC1[C@H]2CN(CC3(O)CCN(c4ccc5c(c4)C(=O)N(C4CCC(=O)NC4=O)C5=O)CC3)C[C@@H]12. The smallest absolute Gasteiger partial charge is 0.262 e. The van der Waals surface area contributed by atoms with E-state index in [0.717, 1.165) is 30.0 Å². The summed E-state index contributed by atoms with van der Waals surface area (Å²) in [7, 11) is 0. The third kappa shape index (κ3) is 3.66. The zero-order valence-corrected chi connectivity index (χ0v) is 19.3. The number of carbonyl (C=O) groups excluding carboxylic acids is 5. The normalized spacial score (nSPS) is 31.9. The minimum absolute atomic E-state index is 0.0855. The number of piperidine rings is 3. The number of nitrogens with one attached hydrogen (secondary N) is 1. The number of hydrogen-bond acceptors (Lipinski definition) is 8. The van der Waals surface area contributed by atoms with E-state index in [2.05, 4.69) is 15.1 Å². The lowest BCUT2D eigenvalue weighted by Gasteiger charge is -2.41. The van der Waals surface area contributed by atoms with Gasteiger partial charge in [-0.05, 0) is 49.3 Å². The average molecular weight is 481 g/mol. The highest BCUT2D eigenvalue weighted by molar-refractivity contribution is 6.23. The highest BCUT2D eigenvalue weighted by Crippen LogP contribution is 2.50. The van der Waals surface area contributed by atoms with Gasteiger partial charge in [-0.2, -0.15) is 0 Å². The summed E-state index contributed by atoms with van der Waals surface area (Å²) < 4.78 is 0. The van der Waals surface area contributed by atoms with Crippen molar-refractivity contribution in [3.8, 4) is 0 Å². The summed E-state index contributed by atoms with van der Waals surface area (Å²) in [5, 5.41) is 13.4. The van der Waals surface area contributed by atoms with E-state index in [4.69, 9.17) is 0 Å². The summed E-state index contributed by atoms with van der Waals surface area (Å²) in [5.41, 5.74) is 0.542. The van der Waals surface area contributed by atoms with Crippen LogP contribution in [0, 0.1) is 17.8 Å². The largest absolute Gasteiger partial charge is 0.388 e. The van der Waals surface area contributed by atoms with Gasteiger partial charge in [-0.15, -0.1) is 0 Å². The van der Waals surface area contributed by atoms with Crippen LogP contribution in [0.25, 0.3) is 0 Å². The summed E-state index contributed by atoms with van der Waals surface area (Å²) in [6.45, 7) is 3.60. The lowest BCUT2D eigenvalue weighted by atomic mass is 9.90. The van der Waals surface area contributed by atoms with Crippen LogP contribution in [0.4, 0.5) is 5.69 Å². The molecule has 10 nitrogen and oxygen atoms in total. The Bertz CT molecular complexity index is 1130. The number of fused-ring (bicyclic) bond motifs is 2. The summed E-state index contributed by atoms with van der Waals surface area (Å²) in [5.74, 6) is -0.922. The molecule has 184 valence electrons. The molecule has 10 heteroatoms. The molecule has 4 fully saturated rings. The zero-order chi connectivity index (χ0) is 24.5. The average Bonchev–Trinajstić information content (AvgIpc) is 3.20. The lowest BCUT2D eigenvalue weighted by Crippen LogP contribution is -2.54. The van der Waals surface area contributed by atoms with Crippen molar-refractivity contribution in [1.82, 2.24) is 15.1 Å². The van der Waals surface area contributed by atoms with Gasteiger partial charge in [0.05, 0.1) is 16.7 Å². The third-order valence-electron chi connectivity index (χ3n) is 8.49. The van der Waals surface area contributed by atoms with Gasteiger partial charge in [-0.25, -0.2) is 0 Å². The molecule has 4 heterocycles. The molecule has 1 aromatic rings. The second kappa shape index (κ2) is 7.96. The molecule has 5 aliphatic rings. The van der Waals surface area contributed by atoms with Gasteiger partial charge < -0.3 is 14.8 Å². The van der Waals surface area contributed by atoms with Crippen LogP contribution in [0.1, 0.15) is 46.4 Å². The second-order valence-corrected chi connectivity index (χ2v) is 10.6. The Labute approximate surface area is 202 Å². The van der Waals surface area contributed by atoms with Crippen molar-refractivity contribution in [2.24, 2.45) is 17.8 Å². The topological polar surface area (TPSA) is 127 Å². The second-order valence-electron chi connectivity index (χ2n) is 10.6. The zero-order valence-electron chi connectivity index (χ0n) is 19.3. The molecule has 1 aromatic carbocycles. The Morgan fingerprint density at radius 3 is 2.37 bits per heavy atom. The van der Waals surface area contributed by atoms with Crippen LogP contribution in [0.5, 0.6) is 0 Å². The maximum absolute atomic E-state index is 13.1. The molecule has 4 atom stereocenters. The molecule has 1 aliphatic carbocycles. The predicted octanol–water partition coefficient (Wildman–Crippen LogP) is -0.204. The van der Waals surface area contributed by atoms with Crippen molar-refractivity contribution in [1.29, 1.82) is 0 Å². The summed E-state index contributed by atoms with van der Waals surface area (Å²) >= 11 is 0. The van der Waals surface area contributed by atoms with E-state index in [9.17, 15) is 29.1 Å². The fourth-order valence-corrected chi connectivity index (χ4v) is 6.40. The number of hydrogen-bond donors (Lipinski definition) is 2. The Kier molecular flexibility index (Phi) is 5.08. The standard InChI is InChI=1S/C25H28N4O6/c30-12-19-17-10-27(11-18(17)19)13-25(35)5-7-28(8-6-25)14-1-2-15-16(9-14)24(34)29(23(15)33)20-3-4-21(31)26-22(20)32/h1-2,9,12,17-20,35H,3-8,10-11,13H2,(H,26,31,32)/t17-,18+,19?,20?. The molecule has 0 spiro atoms. The van der Waals surface area contributed by atoms with Crippen LogP contribution in [-0.2, 0) is 14.4 Å². The van der Waals surface area contributed by atoms with Gasteiger partial charge in [0.25, 0.3) is 11.8 Å². The lowest BCUT2D eigenvalue weighted by molar-refractivity contribution is -0.136. The number of carbonyl (C=O) groups is 5. The molecule has 0 bridgehead atoms. The van der Waals surface area contributed by atoms with E-state index >= 15 is 0 Å². The highest BCUT2D eigenvalue weighted by Gasteiger charge is 2.56. The molecular formula is C25H28N4O6. The van der Waals surface area contributed by atoms with Crippen LogP contribution in [0.15, 0.2) is 18.2 Å². The van der Waals surface area contributed by atoms with Gasteiger partial charge in [-0.3, -0.25) is 34.3 Å². The fourth-order valence-electron chi connectivity index (χ4n) is 6.40. The van der Waals surface area contributed by atoms with Gasteiger partial charge >= 0.3 is 0 Å². The van der Waals surface area contributed by atoms with Crippen molar-refractivity contribution in [2.45, 2.75) is 37.3 Å². The van der Waals surface area contributed by atoms with E-state index in [1.165, 1.54) is 0 Å². The van der Waals surface area contributed by atoms with Gasteiger partial charge in [0.15, 0.2) is 0 Å². The van der Waals surface area contributed by atoms with Gasteiger partial charge in [0.1, 0.15) is 12.3 Å². The Balaban J connectivity index is 1.11. The van der Waals surface area contributed by atoms with Crippen molar-refractivity contribution in [2.75, 3.05) is 37.6 Å². The van der Waals surface area contributed by atoms with Crippen molar-refractivity contribution in [3.63, 3.8) is 0 Å². The minimum atomic E-state index is -0.980. The van der Waals surface area contributed by atoms with E-state index in [0.29, 0.717) is 44.3 Å². The van der Waals surface area contributed by atoms with E-state index in [-0.39, 0.29) is 29.9 Å². The van der Waals surface area contributed by atoms with Crippen LogP contribution < -0.4 is 10.2 Å². The van der Waals surface area contributed by atoms with Crippen molar-refractivity contribution >= 4 is 35.6 Å². The molecule has 4 aliphatic heterocycles. The molecule has 2 N–H and O–H groups in total. The molecule has 35 heavy (non-hydrogen) atoms. The summed E-state index contributed by atoms with van der Waals surface area (Å²) in [4.78, 5) is 66.1. The Morgan fingerprint density at radius 1 is 1.03 bits per heavy atom. The predicted molar refractivity (Wildman–Crippen MR) is 122 cm³/mol. The molecule has 2 unspecified atom stereocenters. The number of likely N-dealkylation sites (tertiary alicyclic amines) is 1. The van der Waals surface area contributed by atoms with E-state index < -0.39 is 35.3 Å². The Morgan fingerprint density at radius 2 is 1.71 bits per heavy atom. The van der Waals surface area contributed by atoms with Gasteiger partial charge in [0.2, 0.25) is 11.8 Å². The maximum atomic E-state index is 13.1. The van der Waals surface area contributed by atoms with Crippen molar-refractivity contribution < 1.29 is 29.1 Å². The first-order valence-corrected chi connectivity index (χ1v) is 12.3.